The molecule has 0 radical (unpaired) electrons. The highest BCUT2D eigenvalue weighted by atomic mass is 32.2. The highest BCUT2D eigenvalue weighted by Gasteiger charge is 2.20. The molecule has 48 heavy (non-hydrogen) atoms. The standard InChI is InChI=1S/C16H16N2O6S.C10H4N2O4.C4H6O2S/c1-3-4-17-13(19)9-7-11-12(8-10(9)14(17)20)16(22)18(15(11)21)5-6-25(2,23)24;13-7-3-1-4-6(10(16)12-8(4)14)2-5(3)9(15)11-7;1-3-7(5,6)4-2/h7-8H,3-6H2,1-2H3;1-2H,(H,11,13,15)(H,12,14,16);3-4H,1-2H2. The molecule has 0 aliphatic carbocycles. The summed E-state index contributed by atoms with van der Waals surface area (Å²) < 4.78 is 44.7. The number of H-pyrrole nitrogens is 2. The van der Waals surface area contributed by atoms with Crippen molar-refractivity contribution in [2.24, 2.45) is 0 Å². The van der Waals surface area contributed by atoms with Crippen LogP contribution < -0.4 is 44.5 Å². The lowest BCUT2D eigenvalue weighted by Crippen LogP contribution is -2.28. The fraction of sp³-hybridized carbons (Fsp3) is 0.200. The largest absolute Gasteiger partial charge is 0.288 e. The number of benzene rings is 2. The summed E-state index contributed by atoms with van der Waals surface area (Å²) in [6.07, 6.45) is 1.61. The number of hydrogen-bond donors (Lipinski definition) is 2. The van der Waals surface area contributed by atoms with E-state index in [0.717, 1.165) is 26.2 Å². The summed E-state index contributed by atoms with van der Waals surface area (Å²) in [4.78, 5) is 99.0. The van der Waals surface area contributed by atoms with Crippen LogP contribution in [0.25, 0.3) is 43.1 Å². The van der Waals surface area contributed by atoms with Crippen LogP contribution in [0.2, 0.25) is 0 Å². The first-order chi connectivity index (χ1) is 22.3. The van der Waals surface area contributed by atoms with Gasteiger partial charge in [-0.2, -0.15) is 0 Å². The van der Waals surface area contributed by atoms with Gasteiger partial charge in [0, 0.05) is 30.2 Å². The number of sulfone groups is 2. The lowest BCUT2D eigenvalue weighted by Gasteiger charge is -1.97. The Bertz CT molecular complexity index is 2710. The summed E-state index contributed by atoms with van der Waals surface area (Å²) in [6, 6.07) is 5.07. The molecule has 0 fully saturated rings. The summed E-state index contributed by atoms with van der Waals surface area (Å²) in [5, 5.41) is 2.48. The van der Waals surface area contributed by atoms with Crippen molar-refractivity contribution in [3.05, 3.63) is 131 Å². The third kappa shape index (κ3) is 6.60. The van der Waals surface area contributed by atoms with Crippen LogP contribution in [0.4, 0.5) is 0 Å². The van der Waals surface area contributed by atoms with E-state index < -0.39 is 64.1 Å². The van der Waals surface area contributed by atoms with Crippen LogP contribution in [-0.2, 0) is 32.8 Å². The molecule has 4 heterocycles. The number of rotatable bonds is 7. The molecule has 0 bridgehead atoms. The summed E-state index contributed by atoms with van der Waals surface area (Å²) in [5.41, 5.74) is -4.46. The van der Waals surface area contributed by atoms with Gasteiger partial charge in [0.2, 0.25) is 0 Å². The van der Waals surface area contributed by atoms with Crippen LogP contribution in [0, 0.1) is 0 Å². The first kappa shape index (κ1) is 35.2. The molecule has 2 aromatic carbocycles. The zero-order valence-electron chi connectivity index (χ0n) is 25.3. The van der Waals surface area contributed by atoms with E-state index >= 15 is 0 Å². The lowest BCUT2D eigenvalue weighted by molar-refractivity contribution is 0.592. The Balaban J connectivity index is 0.000000192. The number of aromatic amines is 2. The van der Waals surface area contributed by atoms with Gasteiger partial charge in [-0.1, -0.05) is 20.1 Å². The van der Waals surface area contributed by atoms with Gasteiger partial charge in [0.1, 0.15) is 9.84 Å². The molecule has 18 heteroatoms. The van der Waals surface area contributed by atoms with Gasteiger partial charge >= 0.3 is 0 Å². The van der Waals surface area contributed by atoms with Crippen molar-refractivity contribution in [1.82, 2.24) is 19.1 Å². The molecule has 0 saturated heterocycles. The Morgan fingerprint density at radius 3 is 1.10 bits per heavy atom. The first-order valence-corrected chi connectivity index (χ1v) is 17.5. The number of fused-ring (bicyclic) bond motifs is 4. The van der Waals surface area contributed by atoms with Gasteiger partial charge in [-0.25, -0.2) is 16.8 Å². The van der Waals surface area contributed by atoms with Crippen LogP contribution in [0.5, 0.6) is 0 Å². The summed E-state index contributed by atoms with van der Waals surface area (Å²) in [5.74, 6) is -0.347. The molecular formula is C30H26N4O12S2. The first-order valence-electron chi connectivity index (χ1n) is 13.8. The van der Waals surface area contributed by atoms with E-state index in [1.165, 1.54) is 24.3 Å². The van der Waals surface area contributed by atoms with E-state index in [0.29, 0.717) is 6.42 Å². The van der Waals surface area contributed by atoms with Gasteiger partial charge in [-0.05, 0) is 30.7 Å². The summed E-state index contributed by atoms with van der Waals surface area (Å²) >= 11 is 0. The van der Waals surface area contributed by atoms with Crippen molar-refractivity contribution < 1.29 is 16.8 Å². The van der Waals surface area contributed by atoms with Crippen molar-refractivity contribution >= 4 is 62.8 Å². The quantitative estimate of drug-likeness (QED) is 0.204. The van der Waals surface area contributed by atoms with E-state index in [1.807, 2.05) is 6.92 Å². The zero-order valence-corrected chi connectivity index (χ0v) is 26.9. The topological polar surface area (TPSA) is 246 Å². The molecule has 250 valence electrons. The van der Waals surface area contributed by atoms with Crippen LogP contribution in [0.1, 0.15) is 13.3 Å². The van der Waals surface area contributed by atoms with Crippen molar-refractivity contribution in [3.8, 4) is 0 Å². The maximum Gasteiger partial charge on any atom is 0.261 e. The predicted molar refractivity (Wildman–Crippen MR) is 182 cm³/mol. The van der Waals surface area contributed by atoms with Crippen LogP contribution in [-0.4, -0.2) is 47.9 Å². The van der Waals surface area contributed by atoms with Gasteiger partial charge in [0.15, 0.2) is 9.84 Å². The summed E-state index contributed by atoms with van der Waals surface area (Å²) in [6.45, 7) is 7.92. The minimum absolute atomic E-state index is 0.0248. The average molecular weight is 699 g/mol. The Morgan fingerprint density at radius 2 is 0.854 bits per heavy atom. The molecule has 0 unspecified atom stereocenters. The molecule has 0 aliphatic rings. The SMILES string of the molecule is C=CS(=O)(=O)C=C.CCCn1c(=O)c2cc3c(=O)n(CCS(C)(=O)=O)c(=O)c3cc2c1=O.O=c1[nH]c(=O)c2cc3c(=O)[nH]c(=O)c3cc12. The molecular weight excluding hydrogens is 672 g/mol. The molecule has 6 aromatic rings. The predicted octanol–water partition coefficient (Wildman–Crippen LogP) is -0.979. The van der Waals surface area contributed by atoms with Crippen LogP contribution in [0.3, 0.4) is 0 Å². The Morgan fingerprint density at radius 1 is 0.562 bits per heavy atom. The highest BCUT2D eigenvalue weighted by Crippen LogP contribution is 2.15. The molecule has 0 spiro atoms. The smallest absolute Gasteiger partial charge is 0.261 e. The number of nitrogens with one attached hydrogen (secondary N) is 2. The second kappa shape index (κ2) is 12.9. The van der Waals surface area contributed by atoms with E-state index in [4.69, 9.17) is 0 Å². The normalized spacial score (nSPS) is 11.8. The van der Waals surface area contributed by atoms with Gasteiger partial charge < -0.3 is 0 Å². The minimum atomic E-state index is -3.35. The van der Waals surface area contributed by atoms with Crippen molar-refractivity contribution in [2.75, 3.05) is 12.0 Å². The molecule has 6 rings (SSSR count). The van der Waals surface area contributed by atoms with Crippen molar-refractivity contribution in [2.45, 2.75) is 26.4 Å². The van der Waals surface area contributed by atoms with E-state index in [9.17, 15) is 55.2 Å². The molecule has 0 amide bonds. The second-order valence-corrected chi connectivity index (χ2v) is 14.6. The minimum Gasteiger partial charge on any atom is -0.288 e. The van der Waals surface area contributed by atoms with Crippen LogP contribution >= 0.6 is 0 Å². The zero-order chi connectivity index (χ0) is 35.9. The number of hydrogen-bond acceptors (Lipinski definition) is 12. The summed E-state index contributed by atoms with van der Waals surface area (Å²) in [7, 11) is -6.48. The third-order valence-corrected chi connectivity index (χ3v) is 9.10. The Hall–Kier alpha value is -5.62. The lowest BCUT2D eigenvalue weighted by atomic mass is 10.1. The molecule has 2 N–H and O–H groups in total. The Labute approximate surface area is 267 Å². The number of aromatic nitrogens is 4. The second-order valence-electron chi connectivity index (χ2n) is 10.5. The van der Waals surface area contributed by atoms with E-state index in [1.54, 1.807) is 0 Å². The third-order valence-electron chi connectivity index (χ3n) is 7.25. The molecule has 0 saturated carbocycles. The van der Waals surface area contributed by atoms with Crippen molar-refractivity contribution in [3.63, 3.8) is 0 Å². The molecule has 4 aromatic heterocycles. The van der Waals surface area contributed by atoms with Crippen molar-refractivity contribution in [1.29, 1.82) is 0 Å². The van der Waals surface area contributed by atoms with Crippen LogP contribution in [0.15, 0.2) is 86.6 Å². The van der Waals surface area contributed by atoms with Gasteiger partial charge in [-0.3, -0.25) is 57.5 Å². The van der Waals surface area contributed by atoms with Gasteiger partial charge in [0.25, 0.3) is 44.5 Å². The highest BCUT2D eigenvalue weighted by molar-refractivity contribution is 7.97. The average Bonchev–Trinajstić information content (AvgIpc) is 3.65. The fourth-order valence-corrected chi connectivity index (χ4v) is 5.51. The molecule has 0 aliphatic heterocycles. The number of nitrogens with zero attached hydrogens (tertiary/aromatic N) is 2. The van der Waals surface area contributed by atoms with E-state index in [-0.39, 0.29) is 61.9 Å². The molecule has 16 nitrogen and oxygen atoms in total. The maximum atomic E-state index is 12.4. The monoisotopic (exact) mass is 698 g/mol. The Kier molecular flexibility index (Phi) is 9.45. The fourth-order valence-electron chi connectivity index (χ4n) is 4.86. The van der Waals surface area contributed by atoms with E-state index in [2.05, 4.69) is 23.1 Å². The maximum absolute atomic E-state index is 12.4. The molecule has 0 atom stereocenters. The van der Waals surface area contributed by atoms with Gasteiger partial charge in [-0.15, -0.1) is 0 Å². The van der Waals surface area contributed by atoms with Gasteiger partial charge in [0.05, 0.1) is 48.8 Å².